The number of aromatic nitrogens is 2. The first-order valence-corrected chi connectivity index (χ1v) is 18.4. The van der Waals surface area contributed by atoms with E-state index < -0.39 is 53.3 Å². The Morgan fingerprint density at radius 1 is 0.745 bits per heavy atom. The number of cyclic esters (lactones) is 2. The summed E-state index contributed by atoms with van der Waals surface area (Å²) in [5.41, 5.74) is -1.66. The normalized spacial score (nSPS) is 28.3. The fraction of sp³-hybridized carbons (Fsp3) is 0.442. The monoisotopic (exact) mass is 758 g/mol. The van der Waals surface area contributed by atoms with E-state index in [1.807, 2.05) is 96.2 Å². The van der Waals surface area contributed by atoms with Crippen molar-refractivity contribution >= 4 is 18.0 Å². The smallest absolute Gasteiger partial charge is 0.360 e. The lowest BCUT2D eigenvalue weighted by Crippen LogP contribution is -2.42. The van der Waals surface area contributed by atoms with E-state index in [1.165, 1.54) is 12.5 Å². The second-order valence-electron chi connectivity index (χ2n) is 14.5. The molecular formula is C43H54N2O10. The van der Waals surface area contributed by atoms with Gasteiger partial charge in [0.25, 0.3) is 0 Å². The number of aliphatic hydroxyl groups excluding tert-OH is 2. The Bertz CT molecular complexity index is 1800. The number of carbonyl (C=O) groups excluding carboxylic acids is 2. The van der Waals surface area contributed by atoms with Crippen LogP contribution in [0.4, 0.5) is 0 Å². The molecule has 4 bridgehead atoms. The number of allylic oxidation sites excluding steroid dienone is 8. The molecule has 0 aromatic carbocycles. The molecule has 55 heavy (non-hydrogen) atoms. The Kier molecular flexibility index (Phi) is 15.7. The Morgan fingerprint density at radius 2 is 1.31 bits per heavy atom. The van der Waals surface area contributed by atoms with Crippen molar-refractivity contribution in [1.29, 1.82) is 0 Å². The van der Waals surface area contributed by atoms with E-state index in [-0.39, 0.29) is 35.9 Å². The van der Waals surface area contributed by atoms with Gasteiger partial charge >= 0.3 is 11.9 Å². The highest BCUT2D eigenvalue weighted by Crippen LogP contribution is 2.34. The second kappa shape index (κ2) is 20.2. The quantitative estimate of drug-likeness (QED) is 0.165. The van der Waals surface area contributed by atoms with Crippen LogP contribution in [-0.4, -0.2) is 82.0 Å². The number of ether oxygens (including phenoxy) is 4. The van der Waals surface area contributed by atoms with Crippen molar-refractivity contribution in [2.24, 2.45) is 10.8 Å². The van der Waals surface area contributed by atoms with Crippen LogP contribution < -0.4 is 0 Å². The summed E-state index contributed by atoms with van der Waals surface area (Å²) in [6, 6.07) is 0. The number of aliphatic hydroxyl groups is 2. The van der Waals surface area contributed by atoms with Crippen molar-refractivity contribution in [1.82, 2.24) is 9.97 Å². The van der Waals surface area contributed by atoms with Crippen LogP contribution in [0, 0.1) is 10.8 Å². The summed E-state index contributed by atoms with van der Waals surface area (Å²) >= 11 is 0. The molecule has 12 nitrogen and oxygen atoms in total. The third kappa shape index (κ3) is 12.3. The van der Waals surface area contributed by atoms with Crippen LogP contribution in [0.1, 0.15) is 87.1 Å². The van der Waals surface area contributed by atoms with E-state index in [0.717, 1.165) is 0 Å². The fourth-order valence-corrected chi connectivity index (χ4v) is 5.68. The number of hydrogen-bond acceptors (Lipinski definition) is 12. The molecular weight excluding hydrogens is 704 g/mol. The lowest BCUT2D eigenvalue weighted by Gasteiger charge is -2.36. The zero-order valence-electron chi connectivity index (χ0n) is 32.6. The standard InChI is InChI=1S/C43H54N2O10/c1-8-18-34(46)42(3,4)36-23-14-12-10-11-13-20-29(50-7)26-39-45-31(28-52-39)41(49)55-37(43(5,6)35(47)19-9-2)24-17-22-33-32(53-33)21-15-16-25-38-44-30(27-51-38)40(48)54-36/h8-22,25,27-29,32-37,46-47H,23-24,26H2,1-7H3/b11-10-,14-12-,18-8+,19-9+,20-13+,21-15+,22-17-,25-16-/t29-,32+,33-,34-,35-,36+,37-/m0/s1. The third-order valence-corrected chi connectivity index (χ3v) is 9.64. The number of carbonyl (C=O) groups is 2. The molecule has 1 saturated heterocycles. The number of esters is 2. The van der Waals surface area contributed by atoms with Crippen LogP contribution in [0.2, 0.25) is 0 Å². The highest BCUT2D eigenvalue weighted by atomic mass is 16.6. The van der Waals surface area contributed by atoms with Gasteiger partial charge in [0, 0.05) is 36.9 Å². The number of rotatable bonds is 7. The molecule has 7 atom stereocenters. The summed E-state index contributed by atoms with van der Waals surface area (Å²) in [7, 11) is 1.56. The summed E-state index contributed by atoms with van der Waals surface area (Å²) in [5, 5.41) is 21.8. The second-order valence-corrected chi connectivity index (χ2v) is 14.5. The summed E-state index contributed by atoms with van der Waals surface area (Å²) < 4.78 is 34.3. The maximum Gasteiger partial charge on any atom is 0.360 e. The Labute approximate surface area is 323 Å². The number of hydrogen-bond donors (Lipinski definition) is 2. The van der Waals surface area contributed by atoms with Crippen LogP contribution in [-0.2, 0) is 25.4 Å². The van der Waals surface area contributed by atoms with Crippen LogP contribution in [0.25, 0.3) is 6.08 Å². The SMILES string of the molecule is C/C=C/[C@H](O)C(C)(C)[C@@H]1C/C=C\[C@@H]2O[C@@H]2/C=C/C=C\c2nc(co2)C(=O)O[C@@H](C(C)(C)[C@@H](O)/C=C/C)C\C=C/C=C\C=C\[C@H](OC)Cc2nc(co2)C(=O)O1. The molecule has 0 radical (unpaired) electrons. The molecule has 2 aromatic heterocycles. The van der Waals surface area contributed by atoms with Gasteiger partial charge in [0.1, 0.15) is 36.9 Å². The highest BCUT2D eigenvalue weighted by molar-refractivity contribution is 5.87. The molecule has 4 heterocycles. The predicted octanol–water partition coefficient (Wildman–Crippen LogP) is 7.25. The first-order chi connectivity index (χ1) is 26.3. The van der Waals surface area contributed by atoms with Crippen molar-refractivity contribution < 1.29 is 47.6 Å². The molecule has 1 fully saturated rings. The summed E-state index contributed by atoms with van der Waals surface area (Å²) in [5.74, 6) is -0.828. The van der Waals surface area contributed by atoms with Gasteiger partial charge in [0.15, 0.2) is 17.3 Å². The van der Waals surface area contributed by atoms with Crippen LogP contribution >= 0.6 is 0 Å². The van der Waals surface area contributed by atoms with Gasteiger partial charge in [-0.2, -0.15) is 0 Å². The average Bonchev–Trinajstić information content (AvgIpc) is 3.47. The molecule has 12 heteroatoms. The largest absolute Gasteiger partial charge is 0.457 e. The number of fused-ring (bicyclic) bond motifs is 5. The molecule has 0 amide bonds. The molecule has 0 saturated carbocycles. The minimum Gasteiger partial charge on any atom is -0.457 e. The fourth-order valence-electron chi connectivity index (χ4n) is 5.68. The van der Waals surface area contributed by atoms with E-state index in [0.29, 0.717) is 18.7 Å². The molecule has 0 unspecified atom stereocenters. The maximum absolute atomic E-state index is 13.3. The van der Waals surface area contributed by atoms with Crippen LogP contribution in [0.3, 0.4) is 0 Å². The van der Waals surface area contributed by atoms with Gasteiger partial charge in [-0.15, -0.1) is 0 Å². The molecule has 2 aliphatic heterocycles. The number of epoxide rings is 1. The molecule has 4 rings (SSSR count). The lowest BCUT2D eigenvalue weighted by atomic mass is 9.79. The van der Waals surface area contributed by atoms with Crippen LogP contribution in [0.15, 0.2) is 113 Å². The Morgan fingerprint density at radius 3 is 1.95 bits per heavy atom. The number of methoxy groups -OCH3 is 1. The topological polar surface area (TPSA) is 167 Å². The predicted molar refractivity (Wildman–Crippen MR) is 208 cm³/mol. The van der Waals surface area contributed by atoms with Gasteiger partial charge < -0.3 is 38.0 Å². The molecule has 0 aliphatic carbocycles. The van der Waals surface area contributed by atoms with Gasteiger partial charge in [0.05, 0.1) is 24.7 Å². The van der Waals surface area contributed by atoms with Gasteiger partial charge in [0.2, 0.25) is 5.89 Å². The molecule has 2 N–H and O–H groups in total. The molecule has 296 valence electrons. The first kappa shape index (κ1) is 42.9. The van der Waals surface area contributed by atoms with Crippen molar-refractivity contribution in [3.05, 3.63) is 127 Å². The number of oxazole rings is 2. The first-order valence-electron chi connectivity index (χ1n) is 18.4. The lowest BCUT2D eigenvalue weighted by molar-refractivity contribution is -0.0461. The summed E-state index contributed by atoms with van der Waals surface area (Å²) in [6.07, 6.45) is 28.0. The molecule has 2 aliphatic rings. The van der Waals surface area contributed by atoms with E-state index in [4.69, 9.17) is 27.8 Å². The van der Waals surface area contributed by atoms with E-state index in [1.54, 1.807) is 49.6 Å². The minimum atomic E-state index is -0.880. The van der Waals surface area contributed by atoms with Crippen molar-refractivity contribution in [3.8, 4) is 0 Å². The zero-order valence-corrected chi connectivity index (χ0v) is 32.6. The van der Waals surface area contributed by atoms with Gasteiger partial charge in [-0.3, -0.25) is 0 Å². The van der Waals surface area contributed by atoms with E-state index in [9.17, 15) is 19.8 Å². The summed E-state index contributed by atoms with van der Waals surface area (Å²) in [4.78, 5) is 35.2. The van der Waals surface area contributed by atoms with Crippen LogP contribution in [0.5, 0.6) is 0 Å². The summed E-state index contributed by atoms with van der Waals surface area (Å²) in [6.45, 7) is 11.0. The highest BCUT2D eigenvalue weighted by Gasteiger charge is 2.40. The van der Waals surface area contributed by atoms with E-state index in [2.05, 4.69) is 9.97 Å². The molecule has 2 aromatic rings. The van der Waals surface area contributed by atoms with Gasteiger partial charge in [-0.05, 0) is 13.8 Å². The number of nitrogens with zero attached hydrogens (tertiary/aromatic N) is 2. The zero-order chi connectivity index (χ0) is 40.0. The minimum absolute atomic E-state index is 0.00780. The maximum atomic E-state index is 13.3. The molecule has 0 spiro atoms. The van der Waals surface area contributed by atoms with Gasteiger partial charge in [-0.25, -0.2) is 19.6 Å². The van der Waals surface area contributed by atoms with E-state index >= 15 is 0 Å². The van der Waals surface area contributed by atoms with Crippen molar-refractivity contribution in [2.45, 2.75) is 104 Å². The van der Waals surface area contributed by atoms with Crippen molar-refractivity contribution in [2.75, 3.05) is 7.11 Å². The third-order valence-electron chi connectivity index (χ3n) is 9.64. The van der Waals surface area contributed by atoms with Gasteiger partial charge in [-0.1, -0.05) is 119 Å². The average molecular weight is 759 g/mol. The van der Waals surface area contributed by atoms with Crippen molar-refractivity contribution in [3.63, 3.8) is 0 Å². The Hall–Kier alpha value is -4.88. The Balaban J connectivity index is 1.58.